The highest BCUT2D eigenvalue weighted by atomic mass is 32.1. The smallest absolute Gasteiger partial charge is 0.238 e. The molecule has 2 rings (SSSR count). The Morgan fingerprint density at radius 1 is 1.71 bits per heavy atom. The Kier molecular flexibility index (Phi) is 4.53. The number of nitrogens with one attached hydrogen (secondary N) is 2. The van der Waals surface area contributed by atoms with Gasteiger partial charge in [0.05, 0.1) is 0 Å². The zero-order chi connectivity index (χ0) is 12.1. The van der Waals surface area contributed by atoms with Crippen molar-refractivity contribution in [1.29, 1.82) is 0 Å². The number of carbonyl (C=O) groups is 1. The predicted octanol–water partition coefficient (Wildman–Crippen LogP) is 0.310. The monoisotopic (exact) mass is 253 g/mol. The van der Waals surface area contributed by atoms with Crippen LogP contribution in [0.3, 0.4) is 0 Å². The van der Waals surface area contributed by atoms with Crippen LogP contribution < -0.4 is 10.6 Å². The van der Waals surface area contributed by atoms with Crippen LogP contribution in [0.5, 0.6) is 0 Å². The molecule has 2 N–H and O–H groups in total. The Labute approximate surface area is 106 Å². The second-order valence-corrected chi connectivity index (χ2v) is 5.23. The van der Waals surface area contributed by atoms with Crippen LogP contribution in [-0.2, 0) is 11.2 Å². The van der Waals surface area contributed by atoms with Crippen LogP contribution in [-0.4, -0.2) is 50.1 Å². The Bertz CT molecular complexity index is 353. The van der Waals surface area contributed by atoms with Crippen LogP contribution in [0.15, 0.2) is 17.5 Å². The topological polar surface area (TPSA) is 44.4 Å². The van der Waals surface area contributed by atoms with Crippen molar-refractivity contribution < 1.29 is 4.79 Å². The van der Waals surface area contributed by atoms with Crippen molar-refractivity contribution in [3.05, 3.63) is 22.4 Å². The largest absolute Gasteiger partial charge is 0.358 e. The number of carbonyl (C=O) groups excluding carboxylic acids is 1. The summed E-state index contributed by atoms with van der Waals surface area (Å²) in [6.07, 6.45) is 1.03. The van der Waals surface area contributed by atoms with Gasteiger partial charge in [0, 0.05) is 38.1 Å². The molecule has 5 heteroatoms. The average molecular weight is 253 g/mol. The highest BCUT2D eigenvalue weighted by Crippen LogP contribution is 2.11. The molecule has 1 saturated heterocycles. The molecular formula is C12H19N3OS. The number of hydrogen-bond donors (Lipinski definition) is 2. The molecule has 0 radical (unpaired) electrons. The maximum Gasteiger partial charge on any atom is 0.238 e. The molecule has 1 aromatic heterocycles. The van der Waals surface area contributed by atoms with Crippen molar-refractivity contribution in [2.75, 3.05) is 33.2 Å². The fourth-order valence-corrected chi connectivity index (χ4v) is 2.85. The van der Waals surface area contributed by atoms with Gasteiger partial charge in [0.1, 0.15) is 6.04 Å². The van der Waals surface area contributed by atoms with E-state index in [1.807, 2.05) is 0 Å². The molecule has 1 atom stereocenters. The van der Waals surface area contributed by atoms with Crippen molar-refractivity contribution in [2.45, 2.75) is 12.5 Å². The van der Waals surface area contributed by atoms with E-state index in [0.29, 0.717) is 0 Å². The predicted molar refractivity (Wildman–Crippen MR) is 70.3 cm³/mol. The number of hydrogen-bond acceptors (Lipinski definition) is 4. The summed E-state index contributed by atoms with van der Waals surface area (Å²) in [5, 5.41) is 8.11. The summed E-state index contributed by atoms with van der Waals surface area (Å²) in [7, 11) is 1.70. The van der Waals surface area contributed by atoms with Gasteiger partial charge in [-0.2, -0.15) is 0 Å². The molecule has 4 nitrogen and oxygen atoms in total. The maximum atomic E-state index is 11.7. The van der Waals surface area contributed by atoms with Crippen LogP contribution in [0.25, 0.3) is 0 Å². The van der Waals surface area contributed by atoms with Gasteiger partial charge in [-0.25, -0.2) is 0 Å². The fraction of sp³-hybridized carbons (Fsp3) is 0.583. The highest BCUT2D eigenvalue weighted by molar-refractivity contribution is 7.09. The summed E-state index contributed by atoms with van der Waals surface area (Å²) in [5.74, 6) is 0.114. The van der Waals surface area contributed by atoms with Crippen molar-refractivity contribution in [3.8, 4) is 0 Å². The number of nitrogens with zero attached hydrogens (tertiary/aromatic N) is 1. The molecular weight excluding hydrogens is 234 g/mol. The normalized spacial score (nSPS) is 21.4. The maximum absolute atomic E-state index is 11.7. The van der Waals surface area contributed by atoms with Gasteiger partial charge in [-0.1, -0.05) is 6.07 Å². The van der Waals surface area contributed by atoms with E-state index in [4.69, 9.17) is 0 Å². The molecule has 1 aliphatic rings. The summed E-state index contributed by atoms with van der Waals surface area (Å²) in [4.78, 5) is 15.4. The number of likely N-dealkylation sites (N-methyl/N-ethyl adjacent to an activating group) is 1. The first-order valence-corrected chi connectivity index (χ1v) is 6.88. The zero-order valence-electron chi connectivity index (χ0n) is 10.1. The quantitative estimate of drug-likeness (QED) is 0.812. The van der Waals surface area contributed by atoms with Gasteiger partial charge in [-0.05, 0) is 17.9 Å². The number of amides is 1. The number of thiophene rings is 1. The fourth-order valence-electron chi connectivity index (χ4n) is 2.15. The minimum atomic E-state index is -0.0197. The van der Waals surface area contributed by atoms with Crippen molar-refractivity contribution >= 4 is 17.2 Å². The first-order chi connectivity index (χ1) is 8.31. The third-order valence-corrected chi connectivity index (χ3v) is 4.06. The van der Waals surface area contributed by atoms with E-state index in [1.54, 1.807) is 18.4 Å². The third kappa shape index (κ3) is 3.28. The van der Waals surface area contributed by atoms with E-state index < -0.39 is 0 Å². The lowest BCUT2D eigenvalue weighted by molar-refractivity contribution is -0.126. The Morgan fingerprint density at radius 2 is 2.59 bits per heavy atom. The summed E-state index contributed by atoms with van der Waals surface area (Å²) < 4.78 is 0. The molecule has 1 amide bonds. The highest BCUT2D eigenvalue weighted by Gasteiger charge is 2.27. The summed E-state index contributed by atoms with van der Waals surface area (Å²) in [5.41, 5.74) is 0. The average Bonchev–Trinajstić information content (AvgIpc) is 2.89. The lowest BCUT2D eigenvalue weighted by Crippen LogP contribution is -2.57. The van der Waals surface area contributed by atoms with Gasteiger partial charge < -0.3 is 10.6 Å². The SMILES string of the molecule is CNC(=O)C1CNCCN1CCc1cccs1. The molecule has 0 aromatic carbocycles. The first kappa shape index (κ1) is 12.5. The minimum Gasteiger partial charge on any atom is -0.358 e. The molecule has 94 valence electrons. The van der Waals surface area contributed by atoms with Crippen LogP contribution in [0, 0.1) is 0 Å². The molecule has 1 fully saturated rings. The lowest BCUT2D eigenvalue weighted by atomic mass is 10.1. The van der Waals surface area contributed by atoms with Gasteiger partial charge >= 0.3 is 0 Å². The van der Waals surface area contributed by atoms with Crippen LogP contribution in [0.1, 0.15) is 4.88 Å². The number of piperazine rings is 1. The van der Waals surface area contributed by atoms with E-state index in [9.17, 15) is 4.79 Å². The minimum absolute atomic E-state index is 0.0197. The van der Waals surface area contributed by atoms with E-state index >= 15 is 0 Å². The molecule has 1 unspecified atom stereocenters. The summed E-state index contributed by atoms with van der Waals surface area (Å²) >= 11 is 1.78. The van der Waals surface area contributed by atoms with Crippen molar-refractivity contribution in [2.24, 2.45) is 0 Å². The summed E-state index contributed by atoms with van der Waals surface area (Å²) in [6, 6.07) is 4.21. The van der Waals surface area contributed by atoms with E-state index in [1.165, 1.54) is 4.88 Å². The van der Waals surface area contributed by atoms with Gasteiger partial charge in [0.25, 0.3) is 0 Å². The van der Waals surface area contributed by atoms with Crippen molar-refractivity contribution in [1.82, 2.24) is 15.5 Å². The third-order valence-electron chi connectivity index (χ3n) is 3.13. The molecule has 0 spiro atoms. The van der Waals surface area contributed by atoms with Crippen LogP contribution in [0.4, 0.5) is 0 Å². The standard InChI is InChI=1S/C12H19N3OS/c1-13-12(16)11-9-14-5-7-15(11)6-4-10-3-2-8-17-10/h2-3,8,11,14H,4-7,9H2,1H3,(H,13,16). The van der Waals surface area contributed by atoms with Crippen molar-refractivity contribution in [3.63, 3.8) is 0 Å². The van der Waals surface area contributed by atoms with Crippen LogP contribution >= 0.6 is 11.3 Å². The second-order valence-electron chi connectivity index (χ2n) is 4.20. The molecule has 0 saturated carbocycles. The van der Waals surface area contributed by atoms with Gasteiger partial charge in [-0.15, -0.1) is 11.3 Å². The van der Waals surface area contributed by atoms with E-state index in [2.05, 4.69) is 33.0 Å². The number of rotatable bonds is 4. The Morgan fingerprint density at radius 3 is 3.29 bits per heavy atom. The molecule has 0 aliphatic carbocycles. The van der Waals surface area contributed by atoms with Gasteiger partial charge in [0.15, 0.2) is 0 Å². The van der Waals surface area contributed by atoms with Gasteiger partial charge in [-0.3, -0.25) is 9.69 Å². The second kappa shape index (κ2) is 6.14. The van der Waals surface area contributed by atoms with E-state index in [-0.39, 0.29) is 11.9 Å². The molecule has 17 heavy (non-hydrogen) atoms. The Balaban J connectivity index is 1.90. The summed E-state index contributed by atoms with van der Waals surface area (Å²) in [6.45, 7) is 3.63. The molecule has 1 aliphatic heterocycles. The first-order valence-electron chi connectivity index (χ1n) is 6.00. The Hall–Kier alpha value is -0.910. The molecule has 2 heterocycles. The molecule has 1 aromatic rings. The molecule has 0 bridgehead atoms. The van der Waals surface area contributed by atoms with Crippen LogP contribution in [0.2, 0.25) is 0 Å². The van der Waals surface area contributed by atoms with E-state index in [0.717, 1.165) is 32.6 Å². The van der Waals surface area contributed by atoms with Gasteiger partial charge in [0.2, 0.25) is 5.91 Å². The zero-order valence-corrected chi connectivity index (χ0v) is 10.9. The lowest BCUT2D eigenvalue weighted by Gasteiger charge is -2.34.